The molecule has 1 aliphatic heterocycles. The summed E-state index contributed by atoms with van der Waals surface area (Å²) in [5.74, 6) is 0. The van der Waals surface area contributed by atoms with E-state index in [-0.39, 0.29) is 0 Å². The van der Waals surface area contributed by atoms with Crippen LogP contribution in [-0.4, -0.2) is 17.2 Å². The van der Waals surface area contributed by atoms with Gasteiger partial charge in [0.1, 0.15) is 0 Å². The maximum absolute atomic E-state index is 3.32. The largest absolute Gasteiger partial charge is 0.346 e. The highest BCUT2D eigenvalue weighted by Crippen LogP contribution is 2.16. The lowest BCUT2D eigenvalue weighted by atomic mass is 10.2. The number of nitrogens with zero attached hydrogens (tertiary/aromatic N) is 1. The lowest BCUT2D eigenvalue weighted by Gasteiger charge is -2.01. The average molecular weight is 172 g/mol. The van der Waals surface area contributed by atoms with E-state index < -0.39 is 0 Å². The molecule has 2 heteroatoms. The number of benzene rings is 1. The minimum Gasteiger partial charge on any atom is -0.346 e. The fraction of sp³-hybridized carbons (Fsp3) is 0.273. The predicted molar refractivity (Wildman–Crippen MR) is 53.7 cm³/mol. The molecule has 0 spiro atoms. The highest BCUT2D eigenvalue weighted by molar-refractivity contribution is 5.79. The second-order valence-corrected chi connectivity index (χ2v) is 3.63. The van der Waals surface area contributed by atoms with E-state index in [9.17, 15) is 0 Å². The molecule has 1 fully saturated rings. The number of hydrogen-bond acceptors (Lipinski definition) is 1. The van der Waals surface area contributed by atoms with Gasteiger partial charge in [-0.3, -0.25) is 0 Å². The van der Waals surface area contributed by atoms with Gasteiger partial charge in [-0.25, -0.2) is 0 Å². The zero-order valence-corrected chi connectivity index (χ0v) is 7.40. The fourth-order valence-corrected chi connectivity index (χ4v) is 1.75. The number of aromatic nitrogens is 1. The van der Waals surface area contributed by atoms with Crippen LogP contribution >= 0.6 is 0 Å². The Kier molecular flexibility index (Phi) is 1.43. The van der Waals surface area contributed by atoms with E-state index >= 15 is 0 Å². The van der Waals surface area contributed by atoms with E-state index in [0.717, 1.165) is 6.54 Å². The van der Waals surface area contributed by atoms with Gasteiger partial charge in [0.2, 0.25) is 0 Å². The second kappa shape index (κ2) is 2.60. The summed E-state index contributed by atoms with van der Waals surface area (Å²) in [7, 11) is 0. The van der Waals surface area contributed by atoms with Gasteiger partial charge in [-0.1, -0.05) is 18.2 Å². The first-order valence-electron chi connectivity index (χ1n) is 4.71. The van der Waals surface area contributed by atoms with Crippen LogP contribution in [0.2, 0.25) is 0 Å². The van der Waals surface area contributed by atoms with Crippen LogP contribution in [-0.2, 0) is 6.54 Å². The minimum absolute atomic E-state index is 0.704. The number of nitrogens with one attached hydrogen (secondary N) is 1. The molecule has 66 valence electrons. The molecule has 13 heavy (non-hydrogen) atoms. The maximum Gasteiger partial charge on any atom is 0.0480 e. The van der Waals surface area contributed by atoms with Gasteiger partial charge in [-0.15, -0.1) is 0 Å². The standard InChI is InChI=1S/C11H12N2/c1-2-4-11-9(3-1)5-6-13(11)8-10-7-12-10/h1-6,10,12H,7-8H2. The summed E-state index contributed by atoms with van der Waals surface area (Å²) in [5, 5.41) is 4.65. The van der Waals surface area contributed by atoms with Crippen LogP contribution in [0.15, 0.2) is 36.5 Å². The first kappa shape index (κ1) is 7.15. The highest BCUT2D eigenvalue weighted by atomic mass is 15.1. The normalized spacial score (nSPS) is 20.8. The van der Waals surface area contributed by atoms with Gasteiger partial charge in [0.15, 0.2) is 0 Å². The van der Waals surface area contributed by atoms with E-state index in [1.54, 1.807) is 0 Å². The number of rotatable bonds is 2. The molecule has 0 aliphatic carbocycles. The van der Waals surface area contributed by atoms with Crippen molar-refractivity contribution in [1.29, 1.82) is 0 Å². The van der Waals surface area contributed by atoms with Crippen molar-refractivity contribution in [2.24, 2.45) is 0 Å². The van der Waals surface area contributed by atoms with Gasteiger partial charge in [-0.2, -0.15) is 0 Å². The van der Waals surface area contributed by atoms with Crippen molar-refractivity contribution in [3.05, 3.63) is 36.5 Å². The first-order chi connectivity index (χ1) is 6.43. The molecule has 1 aromatic heterocycles. The lowest BCUT2D eigenvalue weighted by molar-refractivity contribution is 0.710. The van der Waals surface area contributed by atoms with E-state index in [4.69, 9.17) is 0 Å². The molecule has 2 nitrogen and oxygen atoms in total. The van der Waals surface area contributed by atoms with Crippen LogP contribution in [0.5, 0.6) is 0 Å². The summed E-state index contributed by atoms with van der Waals surface area (Å²) in [4.78, 5) is 0. The molecule has 1 unspecified atom stereocenters. The maximum atomic E-state index is 3.32. The zero-order valence-electron chi connectivity index (χ0n) is 7.40. The van der Waals surface area contributed by atoms with E-state index in [0.29, 0.717) is 6.04 Å². The van der Waals surface area contributed by atoms with E-state index in [2.05, 4.69) is 46.4 Å². The highest BCUT2D eigenvalue weighted by Gasteiger charge is 2.20. The van der Waals surface area contributed by atoms with Crippen molar-refractivity contribution < 1.29 is 0 Å². The van der Waals surface area contributed by atoms with Crippen LogP contribution in [0.25, 0.3) is 10.9 Å². The third-order valence-electron chi connectivity index (χ3n) is 2.59. The van der Waals surface area contributed by atoms with Crippen molar-refractivity contribution in [1.82, 2.24) is 9.88 Å². The quantitative estimate of drug-likeness (QED) is 0.684. The van der Waals surface area contributed by atoms with Crippen LogP contribution in [0, 0.1) is 0 Å². The summed E-state index contributed by atoms with van der Waals surface area (Å²) in [6.45, 7) is 2.28. The Morgan fingerprint density at radius 2 is 2.15 bits per heavy atom. The van der Waals surface area contributed by atoms with Crippen molar-refractivity contribution in [2.45, 2.75) is 12.6 Å². The Bertz CT molecular complexity index is 426. The fourth-order valence-electron chi connectivity index (χ4n) is 1.75. The molecule has 1 aliphatic rings. The number of hydrogen-bond donors (Lipinski definition) is 1. The topological polar surface area (TPSA) is 26.9 Å². The summed E-state index contributed by atoms with van der Waals surface area (Å²) in [6.07, 6.45) is 2.17. The van der Waals surface area contributed by atoms with E-state index in [1.165, 1.54) is 17.4 Å². The molecule has 0 saturated carbocycles. The summed E-state index contributed by atoms with van der Waals surface area (Å²) in [5.41, 5.74) is 1.34. The number of fused-ring (bicyclic) bond motifs is 1. The molecular formula is C11H12N2. The molecule has 1 atom stereocenters. The molecule has 0 amide bonds. The third-order valence-corrected chi connectivity index (χ3v) is 2.59. The molecule has 0 bridgehead atoms. The Labute approximate surface area is 77.2 Å². The molecule has 1 N–H and O–H groups in total. The monoisotopic (exact) mass is 172 g/mol. The number of para-hydroxylation sites is 1. The van der Waals surface area contributed by atoms with Crippen molar-refractivity contribution >= 4 is 10.9 Å². The molecule has 1 saturated heterocycles. The van der Waals surface area contributed by atoms with E-state index in [1.807, 2.05) is 0 Å². The Morgan fingerprint density at radius 3 is 3.00 bits per heavy atom. The molecule has 3 rings (SSSR count). The SMILES string of the molecule is c1ccc2c(c1)ccn2CC1CN1. The van der Waals surface area contributed by atoms with Gasteiger partial charge >= 0.3 is 0 Å². The van der Waals surface area contributed by atoms with Crippen molar-refractivity contribution in [3.8, 4) is 0 Å². The summed E-state index contributed by atoms with van der Waals surface area (Å²) >= 11 is 0. The smallest absolute Gasteiger partial charge is 0.0480 e. The Hall–Kier alpha value is -1.28. The van der Waals surface area contributed by atoms with Crippen LogP contribution in [0.3, 0.4) is 0 Å². The predicted octanol–water partition coefficient (Wildman–Crippen LogP) is 1.61. The Balaban J connectivity index is 2.06. The van der Waals surface area contributed by atoms with Gasteiger partial charge in [0.05, 0.1) is 0 Å². The van der Waals surface area contributed by atoms with Crippen LogP contribution < -0.4 is 5.32 Å². The minimum atomic E-state index is 0.704. The van der Waals surface area contributed by atoms with Crippen LogP contribution in [0.4, 0.5) is 0 Å². The summed E-state index contributed by atoms with van der Waals surface area (Å²) in [6, 6.07) is 11.4. The molecule has 0 radical (unpaired) electrons. The summed E-state index contributed by atoms with van der Waals surface area (Å²) < 4.78 is 2.32. The average Bonchev–Trinajstić information content (AvgIpc) is 2.88. The second-order valence-electron chi connectivity index (χ2n) is 3.63. The van der Waals surface area contributed by atoms with Gasteiger partial charge in [-0.05, 0) is 17.5 Å². The van der Waals surface area contributed by atoms with Gasteiger partial charge < -0.3 is 9.88 Å². The van der Waals surface area contributed by atoms with Gasteiger partial charge in [0, 0.05) is 30.8 Å². The van der Waals surface area contributed by atoms with Crippen molar-refractivity contribution in [2.75, 3.05) is 6.54 Å². The first-order valence-corrected chi connectivity index (χ1v) is 4.71. The molecule has 1 aromatic carbocycles. The molecule has 2 aromatic rings. The third kappa shape index (κ3) is 1.23. The molecular weight excluding hydrogens is 160 g/mol. The van der Waals surface area contributed by atoms with Gasteiger partial charge in [0.25, 0.3) is 0 Å². The molecule has 2 heterocycles. The van der Waals surface area contributed by atoms with Crippen molar-refractivity contribution in [3.63, 3.8) is 0 Å². The zero-order chi connectivity index (χ0) is 8.67. The lowest BCUT2D eigenvalue weighted by Crippen LogP contribution is -2.04. The Morgan fingerprint density at radius 1 is 1.31 bits per heavy atom. The van der Waals surface area contributed by atoms with Crippen LogP contribution in [0.1, 0.15) is 0 Å².